The monoisotopic (exact) mass is 546 g/mol. The van der Waals surface area contributed by atoms with Gasteiger partial charge in [0.15, 0.2) is 0 Å². The van der Waals surface area contributed by atoms with Crippen LogP contribution in [0.5, 0.6) is 11.6 Å². The van der Waals surface area contributed by atoms with E-state index in [4.69, 9.17) is 10.5 Å². The number of nitrogens with one attached hydrogen (secondary N) is 1. The van der Waals surface area contributed by atoms with E-state index in [0.29, 0.717) is 40.5 Å². The van der Waals surface area contributed by atoms with Gasteiger partial charge in [0.2, 0.25) is 11.8 Å². The SMILES string of the molecule is C=CC(=O)Nc1ccc(-c2c(-c3ccc(Oc4cccc(C)n4)cc3)c(C(N)=O)c3cnc(CN(C)C)cn23)cc1. The Kier molecular flexibility index (Phi) is 7.62. The number of nitrogens with two attached hydrogens (primary N) is 1. The molecule has 2 aromatic carbocycles. The lowest BCUT2D eigenvalue weighted by molar-refractivity contribution is -0.111. The van der Waals surface area contributed by atoms with Gasteiger partial charge in [-0.3, -0.25) is 14.6 Å². The number of aryl methyl sites for hydroxylation is 1. The Hall–Kier alpha value is -5.28. The molecule has 2 amide bonds. The topological polar surface area (TPSA) is 115 Å². The zero-order chi connectivity index (χ0) is 29.1. The summed E-state index contributed by atoms with van der Waals surface area (Å²) in [6.07, 6.45) is 4.83. The van der Waals surface area contributed by atoms with Crippen molar-refractivity contribution in [3.05, 3.63) is 109 Å². The Morgan fingerprint density at radius 3 is 2.39 bits per heavy atom. The zero-order valence-corrected chi connectivity index (χ0v) is 23.1. The Balaban J connectivity index is 1.67. The van der Waals surface area contributed by atoms with Crippen molar-refractivity contribution < 1.29 is 14.3 Å². The van der Waals surface area contributed by atoms with Gasteiger partial charge in [-0.2, -0.15) is 0 Å². The lowest BCUT2D eigenvalue weighted by Crippen LogP contribution is -2.13. The highest BCUT2D eigenvalue weighted by Crippen LogP contribution is 2.40. The maximum atomic E-state index is 12.9. The van der Waals surface area contributed by atoms with Crippen molar-refractivity contribution in [1.29, 1.82) is 0 Å². The molecule has 0 saturated heterocycles. The molecule has 0 bridgehead atoms. The molecule has 41 heavy (non-hydrogen) atoms. The van der Waals surface area contributed by atoms with Crippen LogP contribution in [0.1, 0.15) is 21.7 Å². The van der Waals surface area contributed by atoms with Crippen molar-refractivity contribution in [2.75, 3.05) is 19.4 Å². The highest BCUT2D eigenvalue weighted by atomic mass is 16.5. The van der Waals surface area contributed by atoms with Crippen LogP contribution >= 0.6 is 0 Å². The summed E-state index contributed by atoms with van der Waals surface area (Å²) in [5.41, 5.74) is 12.3. The lowest BCUT2D eigenvalue weighted by atomic mass is 9.96. The first-order valence-corrected chi connectivity index (χ1v) is 13.0. The summed E-state index contributed by atoms with van der Waals surface area (Å²) < 4.78 is 7.90. The number of nitrogens with zero attached hydrogens (tertiary/aromatic N) is 4. The first-order chi connectivity index (χ1) is 19.7. The summed E-state index contributed by atoms with van der Waals surface area (Å²) in [7, 11) is 3.93. The van der Waals surface area contributed by atoms with Crippen molar-refractivity contribution in [3.63, 3.8) is 0 Å². The van der Waals surface area contributed by atoms with Gasteiger partial charge in [-0.05, 0) is 68.6 Å². The van der Waals surface area contributed by atoms with Gasteiger partial charge in [-0.1, -0.05) is 36.9 Å². The molecule has 0 atom stereocenters. The van der Waals surface area contributed by atoms with Crippen LogP contribution in [0.25, 0.3) is 27.9 Å². The molecule has 0 aliphatic rings. The minimum absolute atomic E-state index is 0.301. The Morgan fingerprint density at radius 2 is 1.76 bits per heavy atom. The summed E-state index contributed by atoms with van der Waals surface area (Å²) in [5.74, 6) is 0.235. The quantitative estimate of drug-likeness (QED) is 0.238. The fourth-order valence-corrected chi connectivity index (χ4v) is 4.70. The maximum Gasteiger partial charge on any atom is 0.251 e. The molecule has 5 aromatic rings. The number of aromatic nitrogens is 3. The summed E-state index contributed by atoms with van der Waals surface area (Å²) >= 11 is 0. The number of hydrogen-bond acceptors (Lipinski definition) is 6. The standard InChI is InChI=1S/C32H30N6O3/c1-5-27(39)36-23-13-9-22(10-14-23)31-29(21-11-15-25(16-12-21)41-28-8-6-7-20(2)35-28)30(32(33)40)26-17-34-24(18-37(3)4)19-38(26)31/h5-17,19H,1,18H2,2-4H3,(H2,33,40)(H,36,39). The average Bonchev–Trinajstić information content (AvgIpc) is 3.28. The van der Waals surface area contributed by atoms with Crippen LogP contribution in [-0.4, -0.2) is 45.2 Å². The highest BCUT2D eigenvalue weighted by molar-refractivity contribution is 6.10. The second-order valence-corrected chi connectivity index (χ2v) is 9.85. The molecule has 3 N–H and O–H groups in total. The Labute approximate surface area is 237 Å². The summed E-state index contributed by atoms with van der Waals surface area (Å²) in [5, 5.41) is 2.77. The summed E-state index contributed by atoms with van der Waals surface area (Å²) in [4.78, 5) is 35.8. The second-order valence-electron chi connectivity index (χ2n) is 9.85. The predicted octanol–water partition coefficient (Wildman–Crippen LogP) is 5.45. The van der Waals surface area contributed by atoms with Gasteiger partial charge in [0, 0.05) is 35.8 Å². The second kappa shape index (κ2) is 11.4. The van der Waals surface area contributed by atoms with Crippen molar-refractivity contribution in [3.8, 4) is 34.0 Å². The molecule has 9 nitrogen and oxygen atoms in total. The van der Waals surface area contributed by atoms with Gasteiger partial charge in [-0.15, -0.1) is 0 Å². The predicted molar refractivity (Wildman–Crippen MR) is 160 cm³/mol. The molecular weight excluding hydrogens is 516 g/mol. The number of rotatable bonds is 9. The van der Waals surface area contributed by atoms with Gasteiger partial charge in [0.25, 0.3) is 5.91 Å². The number of benzene rings is 2. The number of primary amides is 1. The molecule has 0 aliphatic carbocycles. The molecule has 0 fully saturated rings. The molecule has 3 aromatic heterocycles. The van der Waals surface area contributed by atoms with Gasteiger partial charge < -0.3 is 25.1 Å². The third kappa shape index (κ3) is 5.85. The van der Waals surface area contributed by atoms with E-state index in [2.05, 4.69) is 21.9 Å². The number of carbonyl (C=O) groups excluding carboxylic acids is 2. The van der Waals surface area contributed by atoms with Crippen LogP contribution < -0.4 is 15.8 Å². The van der Waals surface area contributed by atoms with Crippen LogP contribution in [-0.2, 0) is 11.3 Å². The molecule has 0 saturated carbocycles. The van der Waals surface area contributed by atoms with Crippen molar-refractivity contribution in [1.82, 2.24) is 19.3 Å². The number of anilines is 1. The summed E-state index contributed by atoms with van der Waals surface area (Å²) in [6, 6.07) is 20.4. The number of pyridine rings is 1. The van der Waals surface area contributed by atoms with E-state index in [0.717, 1.165) is 28.2 Å². The lowest BCUT2D eigenvalue weighted by Gasteiger charge is -2.12. The van der Waals surface area contributed by atoms with Crippen LogP contribution in [0.15, 0.2) is 91.8 Å². The fourth-order valence-electron chi connectivity index (χ4n) is 4.70. The van der Waals surface area contributed by atoms with E-state index in [1.165, 1.54) is 6.08 Å². The number of fused-ring (bicyclic) bond motifs is 1. The van der Waals surface area contributed by atoms with Crippen molar-refractivity contribution in [2.24, 2.45) is 5.73 Å². The van der Waals surface area contributed by atoms with Crippen LogP contribution in [0.4, 0.5) is 5.69 Å². The Morgan fingerprint density at radius 1 is 1.05 bits per heavy atom. The molecule has 0 spiro atoms. The van der Waals surface area contributed by atoms with Crippen LogP contribution in [0, 0.1) is 6.92 Å². The third-order valence-electron chi connectivity index (χ3n) is 6.44. The molecule has 0 radical (unpaired) electrons. The molecule has 5 rings (SSSR count). The number of amides is 2. The number of ether oxygens (including phenoxy) is 1. The minimum Gasteiger partial charge on any atom is -0.439 e. The first-order valence-electron chi connectivity index (χ1n) is 13.0. The van der Waals surface area contributed by atoms with Crippen molar-refractivity contribution in [2.45, 2.75) is 13.5 Å². The summed E-state index contributed by atoms with van der Waals surface area (Å²) in [6.45, 7) is 6.02. The van der Waals surface area contributed by atoms with Crippen LogP contribution in [0.3, 0.4) is 0 Å². The largest absolute Gasteiger partial charge is 0.439 e. The normalized spacial score (nSPS) is 11.0. The highest BCUT2D eigenvalue weighted by Gasteiger charge is 2.25. The molecule has 206 valence electrons. The molecular formula is C32H30N6O3. The van der Waals surface area contributed by atoms with E-state index in [-0.39, 0.29) is 5.91 Å². The van der Waals surface area contributed by atoms with Gasteiger partial charge in [0.1, 0.15) is 5.75 Å². The van der Waals surface area contributed by atoms with Gasteiger partial charge in [-0.25, -0.2) is 4.98 Å². The van der Waals surface area contributed by atoms with E-state index in [1.807, 2.05) is 85.0 Å². The van der Waals surface area contributed by atoms with E-state index < -0.39 is 5.91 Å². The average molecular weight is 547 g/mol. The van der Waals surface area contributed by atoms with E-state index in [1.54, 1.807) is 24.4 Å². The first kappa shape index (κ1) is 27.3. The molecule has 9 heteroatoms. The molecule has 0 unspecified atom stereocenters. The van der Waals surface area contributed by atoms with E-state index in [9.17, 15) is 9.59 Å². The van der Waals surface area contributed by atoms with Crippen LogP contribution in [0.2, 0.25) is 0 Å². The Bertz CT molecular complexity index is 1760. The fraction of sp³-hybridized carbons (Fsp3) is 0.125. The minimum atomic E-state index is -0.565. The molecule has 3 heterocycles. The third-order valence-corrected chi connectivity index (χ3v) is 6.44. The van der Waals surface area contributed by atoms with Gasteiger partial charge in [0.05, 0.1) is 28.7 Å². The van der Waals surface area contributed by atoms with Gasteiger partial charge >= 0.3 is 0 Å². The number of hydrogen-bond donors (Lipinski definition) is 2. The number of carbonyl (C=O) groups is 2. The smallest absolute Gasteiger partial charge is 0.251 e. The maximum absolute atomic E-state index is 12.9. The van der Waals surface area contributed by atoms with Crippen molar-refractivity contribution >= 4 is 23.0 Å². The zero-order valence-electron chi connectivity index (χ0n) is 23.1. The molecule has 0 aliphatic heterocycles. The van der Waals surface area contributed by atoms with E-state index >= 15 is 0 Å².